The molecule has 0 aliphatic heterocycles. The van der Waals surface area contributed by atoms with Crippen molar-refractivity contribution in [3.05, 3.63) is 45.8 Å². The first-order valence-corrected chi connectivity index (χ1v) is 7.24. The number of amides is 1. The van der Waals surface area contributed by atoms with Crippen molar-refractivity contribution in [1.29, 1.82) is 0 Å². The minimum Gasteiger partial charge on any atom is -0.355 e. The summed E-state index contributed by atoms with van der Waals surface area (Å²) < 4.78 is 1.69. The van der Waals surface area contributed by atoms with Crippen LogP contribution >= 0.6 is 0 Å². The van der Waals surface area contributed by atoms with Crippen LogP contribution in [-0.2, 0) is 17.6 Å². The Bertz CT molecular complexity index is 697. The van der Waals surface area contributed by atoms with Gasteiger partial charge in [-0.3, -0.25) is 14.9 Å². The number of aromatic nitrogens is 4. The minimum atomic E-state index is -0.487. The average Bonchev–Trinajstić information content (AvgIpc) is 2.96. The number of hydrogen-bond donors (Lipinski definition) is 1. The summed E-state index contributed by atoms with van der Waals surface area (Å²) in [6, 6.07) is 6.36. The second kappa shape index (κ2) is 7.43. The van der Waals surface area contributed by atoms with E-state index in [0.717, 1.165) is 0 Å². The first-order chi connectivity index (χ1) is 11.0. The number of nitrogens with zero attached hydrogens (tertiary/aromatic N) is 5. The highest BCUT2D eigenvalue weighted by atomic mass is 16.6. The number of hydrogen-bond acceptors (Lipinski definition) is 6. The number of nitro benzene ring substituents is 1. The highest BCUT2D eigenvalue weighted by Gasteiger charge is 2.15. The molecule has 0 saturated carbocycles. The van der Waals surface area contributed by atoms with Gasteiger partial charge < -0.3 is 5.32 Å². The third kappa shape index (κ3) is 4.31. The largest absolute Gasteiger partial charge is 0.355 e. The zero-order valence-corrected chi connectivity index (χ0v) is 13.0. The van der Waals surface area contributed by atoms with Crippen molar-refractivity contribution in [1.82, 2.24) is 25.5 Å². The lowest BCUT2D eigenvalue weighted by Crippen LogP contribution is -2.28. The van der Waals surface area contributed by atoms with Crippen LogP contribution in [0.2, 0.25) is 0 Å². The van der Waals surface area contributed by atoms with Crippen molar-refractivity contribution in [2.45, 2.75) is 32.7 Å². The van der Waals surface area contributed by atoms with Crippen molar-refractivity contribution in [2.24, 2.45) is 0 Å². The molecular formula is C14H18N6O3. The average molecular weight is 318 g/mol. The summed E-state index contributed by atoms with van der Waals surface area (Å²) in [6.07, 6.45) is 0.458. The maximum atomic E-state index is 11.9. The van der Waals surface area contributed by atoms with Gasteiger partial charge in [0.1, 0.15) is 0 Å². The van der Waals surface area contributed by atoms with Gasteiger partial charge in [-0.05, 0) is 24.3 Å². The van der Waals surface area contributed by atoms with Crippen molar-refractivity contribution in [3.8, 4) is 0 Å². The maximum absolute atomic E-state index is 11.9. The molecule has 0 unspecified atom stereocenters. The zero-order chi connectivity index (χ0) is 16.8. The van der Waals surface area contributed by atoms with E-state index in [4.69, 9.17) is 0 Å². The number of nitro groups is 1. The van der Waals surface area contributed by atoms with Crippen LogP contribution in [-0.4, -0.2) is 37.6 Å². The molecule has 2 rings (SSSR count). The second-order valence-electron chi connectivity index (χ2n) is 5.30. The van der Waals surface area contributed by atoms with Gasteiger partial charge in [-0.2, -0.15) is 0 Å². The van der Waals surface area contributed by atoms with Gasteiger partial charge in [0, 0.05) is 24.6 Å². The smallest absolute Gasteiger partial charge is 0.273 e. The highest BCUT2D eigenvalue weighted by molar-refractivity contribution is 5.79. The molecule has 0 aliphatic carbocycles. The fourth-order valence-electron chi connectivity index (χ4n) is 2.17. The Hall–Kier alpha value is -2.84. The molecule has 0 saturated heterocycles. The van der Waals surface area contributed by atoms with Gasteiger partial charge >= 0.3 is 0 Å². The Balaban J connectivity index is 1.89. The van der Waals surface area contributed by atoms with Gasteiger partial charge in [0.05, 0.1) is 17.4 Å². The molecule has 0 radical (unpaired) electrons. The summed E-state index contributed by atoms with van der Waals surface area (Å²) in [5.41, 5.74) is 0.341. The standard InChI is InChI=1S/C14H18N6O3/c1-10(2)19-13(16-17-18-19)7-8-15-14(21)9-11-5-3-4-6-12(11)20(22)23/h3-6,10H,7-9H2,1-2H3,(H,15,21). The van der Waals surface area contributed by atoms with Crippen LogP contribution in [0.1, 0.15) is 31.3 Å². The van der Waals surface area contributed by atoms with Crippen molar-refractivity contribution >= 4 is 11.6 Å². The predicted octanol–water partition coefficient (Wildman–Crippen LogP) is 1.06. The Morgan fingerprint density at radius 2 is 2.13 bits per heavy atom. The molecule has 23 heavy (non-hydrogen) atoms. The van der Waals surface area contributed by atoms with Gasteiger partial charge in [0.15, 0.2) is 5.82 Å². The molecule has 122 valence electrons. The lowest BCUT2D eigenvalue weighted by Gasteiger charge is -2.08. The lowest BCUT2D eigenvalue weighted by atomic mass is 10.1. The third-order valence-electron chi connectivity index (χ3n) is 3.26. The Morgan fingerprint density at radius 3 is 2.83 bits per heavy atom. The van der Waals surface area contributed by atoms with E-state index in [1.165, 1.54) is 6.07 Å². The first-order valence-electron chi connectivity index (χ1n) is 7.24. The Kier molecular flexibility index (Phi) is 5.34. The van der Waals surface area contributed by atoms with Gasteiger partial charge in [0.25, 0.3) is 5.69 Å². The van der Waals surface area contributed by atoms with Crippen LogP contribution in [0.4, 0.5) is 5.69 Å². The lowest BCUT2D eigenvalue weighted by molar-refractivity contribution is -0.385. The molecule has 2 aromatic rings. The summed E-state index contributed by atoms with van der Waals surface area (Å²) in [4.78, 5) is 22.4. The molecule has 0 aliphatic rings. The fraction of sp³-hybridized carbons (Fsp3) is 0.429. The number of carbonyl (C=O) groups excluding carboxylic acids is 1. The van der Waals surface area contributed by atoms with Gasteiger partial charge in [-0.1, -0.05) is 18.2 Å². The fourth-order valence-corrected chi connectivity index (χ4v) is 2.17. The Labute approximate surface area is 132 Å². The Morgan fingerprint density at radius 1 is 1.39 bits per heavy atom. The minimum absolute atomic E-state index is 0.0354. The molecule has 1 aromatic carbocycles. The van der Waals surface area contributed by atoms with E-state index in [1.807, 2.05) is 13.8 Å². The molecule has 9 nitrogen and oxygen atoms in total. The van der Waals surface area contributed by atoms with Gasteiger partial charge in [-0.25, -0.2) is 4.68 Å². The van der Waals surface area contributed by atoms with Gasteiger partial charge in [0.2, 0.25) is 5.91 Å². The summed E-state index contributed by atoms with van der Waals surface area (Å²) in [6.45, 7) is 4.30. The second-order valence-corrected chi connectivity index (χ2v) is 5.30. The molecule has 0 bridgehead atoms. The predicted molar refractivity (Wildman–Crippen MR) is 81.7 cm³/mol. The van der Waals surface area contributed by atoms with E-state index in [2.05, 4.69) is 20.8 Å². The number of tetrazole rings is 1. The van der Waals surface area contributed by atoms with Crippen molar-refractivity contribution < 1.29 is 9.72 Å². The molecule has 0 spiro atoms. The van der Waals surface area contributed by atoms with E-state index >= 15 is 0 Å². The highest BCUT2D eigenvalue weighted by Crippen LogP contribution is 2.17. The maximum Gasteiger partial charge on any atom is 0.273 e. The van der Waals surface area contributed by atoms with E-state index in [-0.39, 0.29) is 24.1 Å². The molecule has 1 amide bonds. The van der Waals surface area contributed by atoms with Crippen molar-refractivity contribution in [2.75, 3.05) is 6.54 Å². The van der Waals surface area contributed by atoms with Crippen LogP contribution < -0.4 is 5.32 Å². The summed E-state index contributed by atoms with van der Waals surface area (Å²) in [5, 5.41) is 25.1. The van der Waals surface area contributed by atoms with E-state index in [9.17, 15) is 14.9 Å². The molecule has 0 atom stereocenters. The number of nitrogens with one attached hydrogen (secondary N) is 1. The molecule has 1 N–H and O–H groups in total. The molecule has 0 fully saturated rings. The van der Waals surface area contributed by atoms with E-state index in [1.54, 1.807) is 22.9 Å². The van der Waals surface area contributed by atoms with Crippen LogP contribution in [0.5, 0.6) is 0 Å². The zero-order valence-electron chi connectivity index (χ0n) is 13.0. The summed E-state index contributed by atoms with van der Waals surface area (Å²) >= 11 is 0. The summed E-state index contributed by atoms with van der Waals surface area (Å²) in [7, 11) is 0. The molecular weight excluding hydrogens is 300 g/mol. The molecule has 1 heterocycles. The quantitative estimate of drug-likeness (QED) is 0.603. The number of para-hydroxylation sites is 1. The SMILES string of the molecule is CC(C)n1nnnc1CCNC(=O)Cc1ccccc1[N+](=O)[O-]. The van der Waals surface area contributed by atoms with Crippen LogP contribution in [0.15, 0.2) is 24.3 Å². The summed E-state index contributed by atoms with van der Waals surface area (Å²) in [5.74, 6) is 0.411. The van der Waals surface area contributed by atoms with Crippen LogP contribution in [0.25, 0.3) is 0 Å². The topological polar surface area (TPSA) is 116 Å². The van der Waals surface area contributed by atoms with Gasteiger partial charge in [-0.15, -0.1) is 5.10 Å². The number of benzene rings is 1. The normalized spacial score (nSPS) is 10.7. The van der Waals surface area contributed by atoms with E-state index in [0.29, 0.717) is 24.4 Å². The van der Waals surface area contributed by atoms with Crippen molar-refractivity contribution in [3.63, 3.8) is 0 Å². The third-order valence-corrected chi connectivity index (χ3v) is 3.26. The molecule has 9 heteroatoms. The number of carbonyl (C=O) groups is 1. The van der Waals surface area contributed by atoms with Crippen LogP contribution in [0.3, 0.4) is 0 Å². The van der Waals surface area contributed by atoms with Crippen LogP contribution in [0, 0.1) is 10.1 Å². The molecule has 1 aromatic heterocycles. The first kappa shape index (κ1) is 16.5. The van der Waals surface area contributed by atoms with E-state index < -0.39 is 4.92 Å². The monoisotopic (exact) mass is 318 g/mol. The number of rotatable bonds is 7.